The number of benzene rings is 1. The largest absolute Gasteiger partial charge is 0.352 e. The first-order valence-electron chi connectivity index (χ1n) is 8.30. The Morgan fingerprint density at radius 1 is 1.16 bits per heavy atom. The molecule has 2 aliphatic rings. The van der Waals surface area contributed by atoms with Crippen molar-refractivity contribution in [3.63, 3.8) is 0 Å². The predicted molar refractivity (Wildman–Crippen MR) is 94.9 cm³/mol. The second-order valence-corrected chi connectivity index (χ2v) is 7.32. The van der Waals surface area contributed by atoms with Gasteiger partial charge in [-0.1, -0.05) is 36.0 Å². The minimum atomic E-state index is -0.683. The van der Waals surface area contributed by atoms with Crippen LogP contribution in [-0.2, 0) is 4.79 Å². The zero-order valence-electron chi connectivity index (χ0n) is 13.6. The smallest absolute Gasteiger partial charge is 0.325 e. The molecular formula is C17H19Cl2N3O3. The van der Waals surface area contributed by atoms with E-state index in [0.29, 0.717) is 41.4 Å². The number of nitrogens with one attached hydrogen (secondary N) is 2. The third kappa shape index (κ3) is 3.75. The summed E-state index contributed by atoms with van der Waals surface area (Å²) in [5, 5.41) is 6.36. The Balaban J connectivity index is 1.49. The molecule has 1 aliphatic carbocycles. The van der Waals surface area contributed by atoms with Gasteiger partial charge in [-0.2, -0.15) is 0 Å². The van der Waals surface area contributed by atoms with Crippen LogP contribution in [-0.4, -0.2) is 41.4 Å². The highest BCUT2D eigenvalue weighted by molar-refractivity contribution is 6.35. The minimum absolute atomic E-state index is 0.136. The molecule has 2 fully saturated rings. The third-order valence-electron chi connectivity index (χ3n) is 4.67. The van der Waals surface area contributed by atoms with Gasteiger partial charge in [-0.05, 0) is 37.5 Å². The lowest BCUT2D eigenvalue weighted by Crippen LogP contribution is -2.44. The molecule has 134 valence electrons. The lowest BCUT2D eigenvalue weighted by atomic mass is 9.98. The number of urea groups is 1. The van der Waals surface area contributed by atoms with Gasteiger partial charge in [-0.3, -0.25) is 14.5 Å². The number of halogens is 2. The molecule has 0 aromatic heterocycles. The molecule has 25 heavy (non-hydrogen) atoms. The van der Waals surface area contributed by atoms with Crippen molar-refractivity contribution < 1.29 is 14.4 Å². The number of hydrogen-bond donors (Lipinski definition) is 2. The number of amides is 4. The molecule has 1 saturated carbocycles. The Labute approximate surface area is 155 Å². The molecule has 1 aliphatic heterocycles. The maximum absolute atomic E-state index is 12.5. The van der Waals surface area contributed by atoms with Crippen molar-refractivity contribution in [1.29, 1.82) is 0 Å². The molecule has 2 N–H and O–H groups in total. The van der Waals surface area contributed by atoms with Gasteiger partial charge >= 0.3 is 6.03 Å². The molecule has 1 heterocycles. The van der Waals surface area contributed by atoms with Crippen LogP contribution in [0.2, 0.25) is 10.0 Å². The van der Waals surface area contributed by atoms with Crippen LogP contribution in [0.1, 0.15) is 42.5 Å². The quantitative estimate of drug-likeness (QED) is 0.605. The molecule has 0 unspecified atom stereocenters. The molecule has 1 aromatic carbocycles. The fourth-order valence-corrected chi connectivity index (χ4v) is 3.95. The average Bonchev–Trinajstić information content (AvgIpc) is 3.10. The molecule has 0 radical (unpaired) electrons. The van der Waals surface area contributed by atoms with Crippen LogP contribution in [0.15, 0.2) is 18.2 Å². The van der Waals surface area contributed by atoms with E-state index in [4.69, 9.17) is 23.2 Å². The van der Waals surface area contributed by atoms with Crippen molar-refractivity contribution >= 4 is 41.0 Å². The van der Waals surface area contributed by atoms with E-state index in [0.717, 1.165) is 12.8 Å². The molecule has 1 saturated heterocycles. The van der Waals surface area contributed by atoms with Crippen LogP contribution >= 0.6 is 23.2 Å². The standard InChI is InChI=1S/C17H19Cl2N3O3/c18-12-8-11(9-13(19)10-12)14(23)20-6-3-7-22-15(24)17(21-16(22)25)4-1-2-5-17/h8-10H,1-7H2,(H,20,23)(H,21,25). The Kier molecular flexibility index (Phi) is 5.20. The maximum atomic E-state index is 12.5. The normalized spacial score (nSPS) is 18.7. The zero-order valence-corrected chi connectivity index (χ0v) is 15.1. The monoisotopic (exact) mass is 383 g/mol. The van der Waals surface area contributed by atoms with E-state index in [2.05, 4.69) is 10.6 Å². The lowest BCUT2D eigenvalue weighted by molar-refractivity contribution is -0.131. The van der Waals surface area contributed by atoms with Crippen molar-refractivity contribution in [2.45, 2.75) is 37.6 Å². The number of hydrogen-bond acceptors (Lipinski definition) is 3. The van der Waals surface area contributed by atoms with Gasteiger partial charge in [0.15, 0.2) is 0 Å². The summed E-state index contributed by atoms with van der Waals surface area (Å²) in [5.74, 6) is -0.434. The summed E-state index contributed by atoms with van der Waals surface area (Å²) < 4.78 is 0. The van der Waals surface area contributed by atoms with Crippen molar-refractivity contribution in [1.82, 2.24) is 15.5 Å². The first-order valence-corrected chi connectivity index (χ1v) is 9.05. The van der Waals surface area contributed by atoms with E-state index < -0.39 is 5.54 Å². The number of imide groups is 1. The molecule has 4 amide bonds. The molecule has 6 nitrogen and oxygen atoms in total. The molecule has 0 bridgehead atoms. The summed E-state index contributed by atoms with van der Waals surface area (Å²) in [6, 6.07) is 4.28. The summed E-state index contributed by atoms with van der Waals surface area (Å²) in [7, 11) is 0. The molecular weight excluding hydrogens is 365 g/mol. The average molecular weight is 384 g/mol. The van der Waals surface area contributed by atoms with E-state index in [-0.39, 0.29) is 24.4 Å². The summed E-state index contributed by atoms with van der Waals surface area (Å²) in [4.78, 5) is 37.9. The van der Waals surface area contributed by atoms with Gasteiger partial charge in [0.25, 0.3) is 11.8 Å². The van der Waals surface area contributed by atoms with E-state index in [9.17, 15) is 14.4 Å². The van der Waals surface area contributed by atoms with Gasteiger partial charge in [0, 0.05) is 28.7 Å². The maximum Gasteiger partial charge on any atom is 0.325 e. The summed E-state index contributed by atoms with van der Waals surface area (Å²) in [5.41, 5.74) is -0.310. The number of nitrogens with zero attached hydrogens (tertiary/aromatic N) is 1. The molecule has 1 spiro atoms. The van der Waals surface area contributed by atoms with Gasteiger partial charge in [0.1, 0.15) is 5.54 Å². The van der Waals surface area contributed by atoms with Gasteiger partial charge in [-0.25, -0.2) is 4.79 Å². The Bertz CT molecular complexity index is 697. The lowest BCUT2D eigenvalue weighted by Gasteiger charge is -2.20. The summed E-state index contributed by atoms with van der Waals surface area (Å²) in [6.45, 7) is 0.621. The van der Waals surface area contributed by atoms with Crippen LogP contribution < -0.4 is 10.6 Å². The molecule has 8 heteroatoms. The Hall–Kier alpha value is -1.79. The van der Waals surface area contributed by atoms with Gasteiger partial charge in [-0.15, -0.1) is 0 Å². The van der Waals surface area contributed by atoms with Crippen molar-refractivity contribution in [2.24, 2.45) is 0 Å². The number of carbonyl (C=O) groups is 3. The summed E-state index contributed by atoms with van der Waals surface area (Å²) in [6.07, 6.45) is 3.81. The molecule has 3 rings (SSSR count). The zero-order chi connectivity index (χ0) is 18.0. The van der Waals surface area contributed by atoms with Gasteiger partial charge in [0.05, 0.1) is 0 Å². The second kappa shape index (κ2) is 7.22. The van der Waals surface area contributed by atoms with Crippen LogP contribution in [0, 0.1) is 0 Å². The number of rotatable bonds is 5. The highest BCUT2D eigenvalue weighted by Gasteiger charge is 2.51. The molecule has 1 aromatic rings. The van der Waals surface area contributed by atoms with E-state index >= 15 is 0 Å². The topological polar surface area (TPSA) is 78.5 Å². The van der Waals surface area contributed by atoms with Crippen molar-refractivity contribution in [3.8, 4) is 0 Å². The van der Waals surface area contributed by atoms with Crippen molar-refractivity contribution in [2.75, 3.05) is 13.1 Å². The second-order valence-electron chi connectivity index (χ2n) is 6.44. The van der Waals surface area contributed by atoms with Crippen LogP contribution in [0.4, 0.5) is 4.79 Å². The third-order valence-corrected chi connectivity index (χ3v) is 5.11. The Morgan fingerprint density at radius 3 is 2.44 bits per heavy atom. The van der Waals surface area contributed by atoms with E-state index in [1.165, 1.54) is 17.0 Å². The first kappa shape index (κ1) is 18.0. The van der Waals surface area contributed by atoms with Crippen LogP contribution in [0.5, 0.6) is 0 Å². The van der Waals surface area contributed by atoms with E-state index in [1.807, 2.05) is 0 Å². The highest BCUT2D eigenvalue weighted by Crippen LogP contribution is 2.34. The van der Waals surface area contributed by atoms with Gasteiger partial charge in [0.2, 0.25) is 0 Å². The van der Waals surface area contributed by atoms with Crippen molar-refractivity contribution in [3.05, 3.63) is 33.8 Å². The number of carbonyl (C=O) groups excluding carboxylic acids is 3. The van der Waals surface area contributed by atoms with Gasteiger partial charge < -0.3 is 10.6 Å². The highest BCUT2D eigenvalue weighted by atomic mass is 35.5. The minimum Gasteiger partial charge on any atom is -0.352 e. The fourth-order valence-electron chi connectivity index (χ4n) is 3.42. The molecule has 0 atom stereocenters. The van der Waals surface area contributed by atoms with Crippen LogP contribution in [0.25, 0.3) is 0 Å². The Morgan fingerprint density at radius 2 is 1.80 bits per heavy atom. The summed E-state index contributed by atoms with van der Waals surface area (Å²) >= 11 is 11.8. The fraction of sp³-hybridized carbons (Fsp3) is 0.471. The first-order chi connectivity index (χ1) is 11.9. The van der Waals surface area contributed by atoms with E-state index in [1.54, 1.807) is 6.07 Å². The predicted octanol–water partition coefficient (Wildman–Crippen LogP) is 2.98. The van der Waals surface area contributed by atoms with Crippen LogP contribution in [0.3, 0.4) is 0 Å². The SMILES string of the molecule is O=C(NCCCN1C(=O)NC2(CCCC2)C1=O)c1cc(Cl)cc(Cl)c1.